The molecule has 5 rings (SSSR count). The summed E-state index contributed by atoms with van der Waals surface area (Å²) in [5, 5.41) is 13.1. The van der Waals surface area contributed by atoms with Gasteiger partial charge in [-0.15, -0.1) is 0 Å². The molecule has 2 atom stereocenters. The van der Waals surface area contributed by atoms with E-state index in [0.29, 0.717) is 28.2 Å². The number of hydrogen-bond donors (Lipinski definition) is 3. The van der Waals surface area contributed by atoms with Crippen LogP contribution in [0.15, 0.2) is 64.0 Å². The lowest BCUT2D eigenvalue weighted by Gasteiger charge is -2.35. The fraction of sp³-hybridized carbons (Fsp3) is 0.250. The first-order valence-electron chi connectivity index (χ1n) is 10.9. The number of methoxy groups -OCH3 is 1. The van der Waals surface area contributed by atoms with Crippen molar-refractivity contribution in [2.45, 2.75) is 25.0 Å². The van der Waals surface area contributed by atoms with Crippen molar-refractivity contribution < 1.29 is 14.1 Å². The van der Waals surface area contributed by atoms with Gasteiger partial charge >= 0.3 is 0 Å². The molecule has 174 valence electrons. The highest BCUT2D eigenvalue weighted by molar-refractivity contribution is 6.05. The molecule has 10 heteroatoms. The van der Waals surface area contributed by atoms with Crippen LogP contribution in [-0.4, -0.2) is 46.9 Å². The lowest BCUT2D eigenvalue weighted by Crippen LogP contribution is -2.51. The summed E-state index contributed by atoms with van der Waals surface area (Å²) in [5.74, 6) is -0.0332. The van der Waals surface area contributed by atoms with Crippen molar-refractivity contribution in [2.75, 3.05) is 24.8 Å². The average molecular weight is 460 g/mol. The quantitative estimate of drug-likeness (QED) is 0.385. The Morgan fingerprint density at radius 2 is 1.94 bits per heavy atom. The largest absolute Gasteiger partial charge is 0.386 e. The molecule has 1 aromatic carbocycles. The van der Waals surface area contributed by atoms with Crippen LogP contribution in [-0.2, 0) is 4.74 Å². The number of carbonyl (C=O) groups excluding carboxylic acids is 1. The van der Waals surface area contributed by atoms with Crippen LogP contribution < -0.4 is 21.5 Å². The Morgan fingerprint density at radius 1 is 1.12 bits per heavy atom. The second-order valence-electron chi connectivity index (χ2n) is 8.00. The molecule has 1 amide bonds. The Hall–Kier alpha value is -4.18. The third kappa shape index (κ3) is 3.88. The number of nitrogens with zero attached hydrogens (tertiary/aromatic N) is 3. The summed E-state index contributed by atoms with van der Waals surface area (Å²) < 4.78 is 12.3. The molecule has 3 N–H and O–H groups in total. The molecule has 34 heavy (non-hydrogen) atoms. The first kappa shape index (κ1) is 21.7. The van der Waals surface area contributed by atoms with E-state index in [4.69, 9.17) is 9.26 Å². The van der Waals surface area contributed by atoms with E-state index in [2.05, 4.69) is 26.1 Å². The number of carbonyl (C=O) groups is 1. The van der Waals surface area contributed by atoms with E-state index in [-0.39, 0.29) is 23.5 Å². The smallest absolute Gasteiger partial charge is 0.292 e. The van der Waals surface area contributed by atoms with Gasteiger partial charge in [0.15, 0.2) is 5.52 Å². The summed E-state index contributed by atoms with van der Waals surface area (Å²) in [7, 11) is 3.36. The Kier molecular flexibility index (Phi) is 5.72. The van der Waals surface area contributed by atoms with Gasteiger partial charge in [0, 0.05) is 32.1 Å². The van der Waals surface area contributed by atoms with E-state index >= 15 is 0 Å². The summed E-state index contributed by atoms with van der Waals surface area (Å²) >= 11 is 0. The van der Waals surface area contributed by atoms with Gasteiger partial charge in [-0.3, -0.25) is 14.2 Å². The molecule has 1 aliphatic carbocycles. The van der Waals surface area contributed by atoms with E-state index in [9.17, 15) is 9.59 Å². The van der Waals surface area contributed by atoms with Gasteiger partial charge in [-0.2, -0.15) is 0 Å². The molecular formula is C24H24N6O4. The summed E-state index contributed by atoms with van der Waals surface area (Å²) in [6.07, 6.45) is 3.42. The Balaban J connectivity index is 1.48. The molecule has 0 saturated heterocycles. The lowest BCUT2D eigenvalue weighted by molar-refractivity contribution is 0.00678. The number of ether oxygens (including phenoxy) is 1. The van der Waals surface area contributed by atoms with Crippen LogP contribution in [0.4, 0.5) is 17.2 Å². The third-order valence-electron chi connectivity index (χ3n) is 5.99. The number of rotatable bonds is 7. The molecule has 1 fully saturated rings. The van der Waals surface area contributed by atoms with Crippen molar-refractivity contribution >= 4 is 34.1 Å². The second kappa shape index (κ2) is 8.99. The number of anilines is 3. The minimum Gasteiger partial charge on any atom is -0.386 e. The molecule has 1 aliphatic rings. The van der Waals surface area contributed by atoms with Gasteiger partial charge in [-0.1, -0.05) is 23.4 Å². The number of para-hydroxylation sites is 1. The number of fused-ring (bicyclic) bond motifs is 1. The molecule has 4 aromatic rings. The van der Waals surface area contributed by atoms with E-state index in [1.54, 1.807) is 43.1 Å². The fourth-order valence-corrected chi connectivity index (χ4v) is 4.00. The van der Waals surface area contributed by atoms with Crippen molar-refractivity contribution in [3.8, 4) is 5.69 Å². The van der Waals surface area contributed by atoms with Crippen LogP contribution >= 0.6 is 0 Å². The normalized spacial score (nSPS) is 17.2. The van der Waals surface area contributed by atoms with Crippen molar-refractivity contribution in [2.24, 2.45) is 0 Å². The molecule has 3 heterocycles. The molecule has 0 bridgehead atoms. The number of benzene rings is 1. The summed E-state index contributed by atoms with van der Waals surface area (Å²) in [6.45, 7) is 0. The van der Waals surface area contributed by atoms with E-state index in [1.807, 2.05) is 30.3 Å². The highest BCUT2D eigenvalue weighted by Crippen LogP contribution is 2.29. The van der Waals surface area contributed by atoms with Gasteiger partial charge in [0.1, 0.15) is 17.0 Å². The number of hydrogen-bond acceptors (Lipinski definition) is 8. The molecule has 3 aromatic heterocycles. The van der Waals surface area contributed by atoms with Crippen LogP contribution in [0.3, 0.4) is 0 Å². The molecule has 10 nitrogen and oxygen atoms in total. The van der Waals surface area contributed by atoms with Crippen LogP contribution in [0.2, 0.25) is 0 Å². The predicted octanol–water partition coefficient (Wildman–Crippen LogP) is 3.07. The van der Waals surface area contributed by atoms with Crippen molar-refractivity contribution in [3.05, 3.63) is 70.8 Å². The number of nitrogens with one attached hydrogen (secondary N) is 3. The van der Waals surface area contributed by atoms with Crippen LogP contribution in [0.25, 0.3) is 16.7 Å². The first-order chi connectivity index (χ1) is 16.6. The molecule has 0 radical (unpaired) electrons. The zero-order chi connectivity index (χ0) is 23.7. The summed E-state index contributed by atoms with van der Waals surface area (Å²) in [4.78, 5) is 30.5. The summed E-state index contributed by atoms with van der Waals surface area (Å²) in [5.41, 5.74) is 2.16. The standard InChI is InChI=1S/C24H24N6O4/c1-25-17-13-19(26-16-9-6-12-30(24(16)32)14-7-4-3-5-8-14)28-21-20(17)29-34-22(21)23(31)27-15-10-11-18(15)33-2/h3-9,12-13,15,18,25H,10-11H2,1-2H3,(H,26,28)(H,27,31)/t15-,18-/m1/s1. The van der Waals surface area contributed by atoms with E-state index in [0.717, 1.165) is 18.5 Å². The van der Waals surface area contributed by atoms with Gasteiger partial charge in [0.25, 0.3) is 11.5 Å². The Bertz CT molecular complexity index is 1400. The van der Waals surface area contributed by atoms with Crippen LogP contribution in [0.1, 0.15) is 23.4 Å². The maximum Gasteiger partial charge on any atom is 0.292 e. The van der Waals surface area contributed by atoms with Gasteiger partial charge in [-0.25, -0.2) is 4.98 Å². The highest BCUT2D eigenvalue weighted by atomic mass is 16.5. The second-order valence-corrected chi connectivity index (χ2v) is 8.00. The van der Waals surface area contributed by atoms with Crippen molar-refractivity contribution in [1.29, 1.82) is 0 Å². The maximum atomic E-state index is 13.1. The van der Waals surface area contributed by atoms with Crippen LogP contribution in [0.5, 0.6) is 0 Å². The molecular weight excluding hydrogens is 436 g/mol. The number of pyridine rings is 2. The van der Waals surface area contributed by atoms with Crippen LogP contribution in [0, 0.1) is 0 Å². The molecule has 0 unspecified atom stereocenters. The minimum absolute atomic E-state index is 0.00617. The topological polar surface area (TPSA) is 123 Å². The zero-order valence-electron chi connectivity index (χ0n) is 18.7. The monoisotopic (exact) mass is 460 g/mol. The minimum atomic E-state index is -0.410. The average Bonchev–Trinajstić information content (AvgIpc) is 3.27. The number of aromatic nitrogens is 3. The fourth-order valence-electron chi connectivity index (χ4n) is 4.00. The third-order valence-corrected chi connectivity index (χ3v) is 5.99. The SMILES string of the molecule is CNc1cc(Nc2cccn(-c3ccccc3)c2=O)nc2c(C(=O)N[C@@H]3CC[C@H]3OC)onc12. The molecule has 1 saturated carbocycles. The van der Waals surface area contributed by atoms with Gasteiger partial charge in [0.2, 0.25) is 5.76 Å². The molecule has 0 aliphatic heterocycles. The number of amides is 1. The zero-order valence-corrected chi connectivity index (χ0v) is 18.7. The van der Waals surface area contributed by atoms with Crippen molar-refractivity contribution in [1.82, 2.24) is 20.0 Å². The van der Waals surface area contributed by atoms with E-state index < -0.39 is 5.91 Å². The highest BCUT2D eigenvalue weighted by Gasteiger charge is 2.34. The first-order valence-corrected chi connectivity index (χ1v) is 10.9. The Labute approximate surface area is 194 Å². The van der Waals surface area contributed by atoms with Crippen molar-refractivity contribution in [3.63, 3.8) is 0 Å². The van der Waals surface area contributed by atoms with Gasteiger partial charge < -0.3 is 25.2 Å². The van der Waals surface area contributed by atoms with E-state index in [1.165, 1.54) is 0 Å². The molecule has 0 spiro atoms. The predicted molar refractivity (Wildman–Crippen MR) is 128 cm³/mol. The summed E-state index contributed by atoms with van der Waals surface area (Å²) in [6, 6.07) is 14.4. The lowest BCUT2D eigenvalue weighted by atomic mass is 9.89. The maximum absolute atomic E-state index is 13.1. The van der Waals surface area contributed by atoms with Gasteiger partial charge in [0.05, 0.1) is 17.8 Å². The Morgan fingerprint density at radius 3 is 2.65 bits per heavy atom. The van der Waals surface area contributed by atoms with Gasteiger partial charge in [-0.05, 0) is 37.1 Å².